The second-order valence-corrected chi connectivity index (χ2v) is 4.07. The van der Waals surface area contributed by atoms with E-state index in [1.165, 1.54) is 0 Å². The topological polar surface area (TPSA) is 33.1 Å². The van der Waals surface area contributed by atoms with Crippen molar-refractivity contribution in [3.05, 3.63) is 25.5 Å². The smallest absolute Gasteiger partial charge is 0.266 e. The summed E-state index contributed by atoms with van der Waals surface area (Å²) in [6.07, 6.45) is -1.47. The molecule has 72 valence electrons. The van der Waals surface area contributed by atoms with Crippen LogP contribution in [-0.2, 0) is 6.61 Å². The fourth-order valence-corrected chi connectivity index (χ4v) is 2.35. The number of hydrogen-bond donors (Lipinski definition) is 1. The molecule has 0 aliphatic carbocycles. The molecular weight excluding hydrogens is 359 g/mol. The summed E-state index contributed by atoms with van der Waals surface area (Å²) in [4.78, 5) is 3.75. The van der Waals surface area contributed by atoms with E-state index < -0.39 is 6.43 Å². The molecule has 6 heteroatoms. The van der Waals surface area contributed by atoms with Crippen LogP contribution in [0.5, 0.6) is 0 Å². The standard InChI is InChI=1S/C7H5BrF2INO/c8-5-3(6(9)10)1-12-7(11)4(5)2-13/h1,6,13H,2H2. The summed E-state index contributed by atoms with van der Waals surface area (Å²) >= 11 is 4.89. The Labute approximate surface area is 95.6 Å². The molecule has 0 aliphatic heterocycles. The minimum atomic E-state index is -2.58. The Morgan fingerprint density at radius 1 is 1.62 bits per heavy atom. The van der Waals surface area contributed by atoms with E-state index in [0.29, 0.717) is 9.26 Å². The minimum absolute atomic E-state index is 0.190. The molecule has 1 heterocycles. The summed E-state index contributed by atoms with van der Waals surface area (Å²) in [6, 6.07) is 0. The van der Waals surface area contributed by atoms with Crippen molar-refractivity contribution in [3.63, 3.8) is 0 Å². The molecule has 0 aliphatic rings. The van der Waals surface area contributed by atoms with Gasteiger partial charge in [-0.05, 0) is 38.5 Å². The number of rotatable bonds is 2. The van der Waals surface area contributed by atoms with Crippen molar-refractivity contribution in [3.8, 4) is 0 Å². The van der Waals surface area contributed by atoms with Crippen molar-refractivity contribution in [1.82, 2.24) is 4.98 Å². The highest BCUT2D eigenvalue weighted by Gasteiger charge is 2.16. The van der Waals surface area contributed by atoms with Crippen LogP contribution in [0.15, 0.2) is 10.7 Å². The van der Waals surface area contributed by atoms with Crippen LogP contribution in [0.3, 0.4) is 0 Å². The zero-order valence-electron chi connectivity index (χ0n) is 6.27. The minimum Gasteiger partial charge on any atom is -0.392 e. The Bertz CT molecular complexity index is 322. The van der Waals surface area contributed by atoms with E-state index in [-0.39, 0.29) is 16.6 Å². The van der Waals surface area contributed by atoms with Gasteiger partial charge in [-0.2, -0.15) is 0 Å². The molecule has 0 atom stereocenters. The Kier molecular flexibility index (Phi) is 3.99. The molecular formula is C7H5BrF2INO. The largest absolute Gasteiger partial charge is 0.392 e. The summed E-state index contributed by atoms with van der Waals surface area (Å²) in [5.41, 5.74) is 0.211. The second-order valence-electron chi connectivity index (χ2n) is 2.26. The van der Waals surface area contributed by atoms with Crippen molar-refractivity contribution in [2.75, 3.05) is 0 Å². The molecule has 0 fully saturated rings. The SMILES string of the molecule is OCc1c(I)ncc(C(F)F)c1Br. The lowest BCUT2D eigenvalue weighted by Gasteiger charge is -2.08. The van der Waals surface area contributed by atoms with Gasteiger partial charge in [0.2, 0.25) is 0 Å². The molecule has 1 rings (SSSR count). The molecule has 0 aromatic carbocycles. The van der Waals surface area contributed by atoms with Crippen molar-refractivity contribution >= 4 is 38.5 Å². The van der Waals surface area contributed by atoms with E-state index in [1.807, 2.05) is 22.6 Å². The van der Waals surface area contributed by atoms with Crippen molar-refractivity contribution in [1.29, 1.82) is 0 Å². The van der Waals surface area contributed by atoms with Crippen LogP contribution in [-0.4, -0.2) is 10.1 Å². The van der Waals surface area contributed by atoms with Gasteiger partial charge >= 0.3 is 0 Å². The number of pyridine rings is 1. The summed E-state index contributed by atoms with van der Waals surface area (Å²) in [5.74, 6) is 0. The fourth-order valence-electron chi connectivity index (χ4n) is 0.812. The molecule has 0 radical (unpaired) electrons. The molecule has 1 N–H and O–H groups in total. The first-order chi connectivity index (χ1) is 6.07. The van der Waals surface area contributed by atoms with Crippen LogP contribution in [0.2, 0.25) is 0 Å². The average molecular weight is 364 g/mol. The molecule has 13 heavy (non-hydrogen) atoms. The second kappa shape index (κ2) is 4.61. The molecule has 0 saturated heterocycles. The molecule has 0 unspecified atom stereocenters. The van der Waals surface area contributed by atoms with Crippen molar-refractivity contribution < 1.29 is 13.9 Å². The Hall–Kier alpha value is 0.180. The van der Waals surface area contributed by atoms with Crippen LogP contribution in [0, 0.1) is 3.70 Å². The van der Waals surface area contributed by atoms with Gasteiger partial charge in [0.05, 0.1) is 12.2 Å². The van der Waals surface area contributed by atoms with Crippen molar-refractivity contribution in [2.24, 2.45) is 0 Å². The molecule has 0 bridgehead atoms. The van der Waals surface area contributed by atoms with Gasteiger partial charge in [-0.15, -0.1) is 0 Å². The Morgan fingerprint density at radius 3 is 2.69 bits per heavy atom. The Balaban J connectivity index is 3.27. The maximum atomic E-state index is 12.3. The monoisotopic (exact) mass is 363 g/mol. The first-order valence-corrected chi connectivity index (χ1v) is 5.17. The first-order valence-electron chi connectivity index (χ1n) is 3.29. The van der Waals surface area contributed by atoms with Crippen molar-refractivity contribution in [2.45, 2.75) is 13.0 Å². The Morgan fingerprint density at radius 2 is 2.23 bits per heavy atom. The lowest BCUT2D eigenvalue weighted by Crippen LogP contribution is -1.99. The molecule has 0 amide bonds. The highest BCUT2D eigenvalue weighted by atomic mass is 127. The zero-order chi connectivity index (χ0) is 10.0. The van der Waals surface area contributed by atoms with Gasteiger partial charge in [0.1, 0.15) is 3.70 Å². The van der Waals surface area contributed by atoms with E-state index in [2.05, 4.69) is 20.9 Å². The molecule has 1 aromatic rings. The number of nitrogens with zero attached hydrogens (tertiary/aromatic N) is 1. The number of hydrogen-bond acceptors (Lipinski definition) is 2. The highest BCUT2D eigenvalue weighted by molar-refractivity contribution is 14.1. The zero-order valence-corrected chi connectivity index (χ0v) is 10.0. The molecule has 0 spiro atoms. The summed E-state index contributed by atoms with van der Waals surface area (Å²) < 4.78 is 25.4. The molecule has 0 saturated carbocycles. The fraction of sp³-hybridized carbons (Fsp3) is 0.286. The van der Waals surface area contributed by atoms with Gasteiger partial charge in [-0.25, -0.2) is 13.8 Å². The summed E-state index contributed by atoms with van der Waals surface area (Å²) in [6.45, 7) is -0.299. The van der Waals surface area contributed by atoms with Crippen LogP contribution < -0.4 is 0 Å². The van der Waals surface area contributed by atoms with E-state index in [1.54, 1.807) is 0 Å². The van der Waals surface area contributed by atoms with Gasteiger partial charge in [-0.1, -0.05) is 0 Å². The van der Waals surface area contributed by atoms with Crippen LogP contribution in [0.4, 0.5) is 8.78 Å². The first kappa shape index (κ1) is 11.3. The van der Waals surface area contributed by atoms with Crippen LogP contribution >= 0.6 is 38.5 Å². The average Bonchev–Trinajstić information content (AvgIpc) is 2.04. The number of aromatic nitrogens is 1. The maximum Gasteiger partial charge on any atom is 0.266 e. The van der Waals surface area contributed by atoms with E-state index in [4.69, 9.17) is 5.11 Å². The van der Waals surface area contributed by atoms with Gasteiger partial charge < -0.3 is 5.11 Å². The lowest BCUT2D eigenvalue weighted by atomic mass is 10.2. The number of aliphatic hydroxyl groups is 1. The lowest BCUT2D eigenvalue weighted by molar-refractivity contribution is 0.149. The maximum absolute atomic E-state index is 12.3. The van der Waals surface area contributed by atoms with Gasteiger partial charge in [0, 0.05) is 16.2 Å². The number of alkyl halides is 2. The van der Waals surface area contributed by atoms with E-state index in [0.717, 1.165) is 6.20 Å². The predicted octanol–water partition coefficient (Wildman–Crippen LogP) is 2.88. The highest BCUT2D eigenvalue weighted by Crippen LogP contribution is 2.31. The number of aliphatic hydroxyl groups excluding tert-OH is 1. The third-order valence-corrected chi connectivity index (χ3v) is 3.34. The van der Waals surface area contributed by atoms with E-state index >= 15 is 0 Å². The van der Waals surface area contributed by atoms with Crippen LogP contribution in [0.1, 0.15) is 17.6 Å². The summed E-state index contributed by atoms with van der Waals surface area (Å²) in [5, 5.41) is 8.89. The molecule has 2 nitrogen and oxygen atoms in total. The number of halogens is 4. The van der Waals surface area contributed by atoms with Gasteiger partial charge in [0.15, 0.2) is 0 Å². The van der Waals surface area contributed by atoms with Gasteiger partial charge in [-0.3, -0.25) is 0 Å². The van der Waals surface area contributed by atoms with Crippen LogP contribution in [0.25, 0.3) is 0 Å². The normalized spacial score (nSPS) is 10.9. The third kappa shape index (κ3) is 2.35. The summed E-state index contributed by atoms with van der Waals surface area (Å²) in [7, 11) is 0. The third-order valence-electron chi connectivity index (χ3n) is 1.48. The van der Waals surface area contributed by atoms with E-state index in [9.17, 15) is 8.78 Å². The molecule has 1 aromatic heterocycles. The quantitative estimate of drug-likeness (QED) is 0.647. The van der Waals surface area contributed by atoms with Gasteiger partial charge in [0.25, 0.3) is 6.43 Å². The predicted molar refractivity (Wildman–Crippen MR) is 55.5 cm³/mol.